The van der Waals surface area contributed by atoms with Crippen LogP contribution in [0, 0.1) is 0 Å². The predicted molar refractivity (Wildman–Crippen MR) is 78.1 cm³/mol. The molecule has 2 saturated heterocycles. The molecule has 0 saturated carbocycles. The van der Waals surface area contributed by atoms with Crippen LogP contribution in [0.2, 0.25) is 0 Å². The Hall–Kier alpha value is -0.630. The molecular weight excluding hydrogens is 264 g/mol. The lowest BCUT2D eigenvalue weighted by Gasteiger charge is -2.31. The standard InChI is InChI=1S/C8H16N2.C4H10N2O2S/c1-3-4-10-7-5-9(2)6-8-10;1-5-3-4-6(2)9(5,7)8/h3-4H,5-8H2,1-2H3;3-4H2,1-2H3. The number of rotatable bonds is 1. The van der Waals surface area contributed by atoms with Crippen molar-refractivity contribution in [3.8, 4) is 0 Å². The molecule has 7 heteroatoms. The molecule has 0 aromatic carbocycles. The number of hydrogen-bond donors (Lipinski definition) is 0. The van der Waals surface area contributed by atoms with E-state index in [9.17, 15) is 8.42 Å². The zero-order valence-electron chi connectivity index (χ0n) is 12.4. The Labute approximate surface area is 117 Å². The first-order valence-electron chi connectivity index (χ1n) is 6.61. The lowest BCUT2D eigenvalue weighted by atomic mass is 10.3. The molecule has 112 valence electrons. The predicted octanol–water partition coefficient (Wildman–Crippen LogP) is -0.124. The van der Waals surface area contributed by atoms with Crippen LogP contribution in [-0.4, -0.2) is 87.2 Å². The van der Waals surface area contributed by atoms with Crippen molar-refractivity contribution in [2.45, 2.75) is 6.92 Å². The van der Waals surface area contributed by atoms with Gasteiger partial charge in [0.1, 0.15) is 0 Å². The van der Waals surface area contributed by atoms with E-state index in [1.54, 1.807) is 14.1 Å². The Morgan fingerprint density at radius 3 is 1.63 bits per heavy atom. The minimum atomic E-state index is -3.04. The maximum atomic E-state index is 10.9. The molecule has 0 spiro atoms. The summed E-state index contributed by atoms with van der Waals surface area (Å²) in [4.78, 5) is 4.72. The van der Waals surface area contributed by atoms with E-state index in [1.807, 2.05) is 0 Å². The molecule has 0 atom stereocenters. The van der Waals surface area contributed by atoms with Crippen molar-refractivity contribution in [2.75, 3.05) is 60.4 Å². The average Bonchev–Trinajstić information content (AvgIpc) is 2.60. The average molecular weight is 290 g/mol. The lowest BCUT2D eigenvalue weighted by Crippen LogP contribution is -2.41. The Balaban J connectivity index is 0.000000191. The molecule has 19 heavy (non-hydrogen) atoms. The van der Waals surface area contributed by atoms with E-state index in [2.05, 4.69) is 36.0 Å². The molecule has 2 aliphatic heterocycles. The van der Waals surface area contributed by atoms with Gasteiger partial charge in [-0.15, -0.1) is 0 Å². The summed E-state index contributed by atoms with van der Waals surface area (Å²) in [6, 6.07) is 0. The van der Waals surface area contributed by atoms with Gasteiger partial charge in [0.05, 0.1) is 0 Å². The molecule has 6 nitrogen and oxygen atoms in total. The quantitative estimate of drug-likeness (QED) is 0.675. The van der Waals surface area contributed by atoms with Crippen LogP contribution in [0.25, 0.3) is 0 Å². The van der Waals surface area contributed by atoms with Crippen LogP contribution in [0.15, 0.2) is 12.3 Å². The van der Waals surface area contributed by atoms with E-state index in [-0.39, 0.29) is 0 Å². The lowest BCUT2D eigenvalue weighted by molar-refractivity contribution is 0.198. The van der Waals surface area contributed by atoms with E-state index in [0.29, 0.717) is 13.1 Å². The highest BCUT2D eigenvalue weighted by Gasteiger charge is 2.29. The summed E-state index contributed by atoms with van der Waals surface area (Å²) < 4.78 is 24.6. The molecule has 0 unspecified atom stereocenters. The van der Waals surface area contributed by atoms with Crippen LogP contribution >= 0.6 is 0 Å². The van der Waals surface area contributed by atoms with Crippen molar-refractivity contribution in [3.63, 3.8) is 0 Å². The fourth-order valence-corrected chi connectivity index (χ4v) is 3.03. The van der Waals surface area contributed by atoms with Crippen molar-refractivity contribution >= 4 is 10.2 Å². The van der Waals surface area contributed by atoms with Gasteiger partial charge in [-0.2, -0.15) is 17.0 Å². The summed E-state index contributed by atoms with van der Waals surface area (Å²) in [6.07, 6.45) is 4.28. The van der Waals surface area contributed by atoms with Crippen LogP contribution in [-0.2, 0) is 10.2 Å². The largest absolute Gasteiger partial charge is 0.375 e. The van der Waals surface area contributed by atoms with E-state index in [0.717, 1.165) is 0 Å². The van der Waals surface area contributed by atoms with Gasteiger partial charge in [0.2, 0.25) is 0 Å². The van der Waals surface area contributed by atoms with Crippen LogP contribution in [0.5, 0.6) is 0 Å². The number of nitrogens with zero attached hydrogens (tertiary/aromatic N) is 4. The van der Waals surface area contributed by atoms with Crippen LogP contribution < -0.4 is 0 Å². The molecule has 0 N–H and O–H groups in total. The second-order valence-corrected chi connectivity index (χ2v) is 7.11. The molecule has 0 aromatic heterocycles. The molecule has 2 heterocycles. The van der Waals surface area contributed by atoms with Gasteiger partial charge in [0.15, 0.2) is 0 Å². The zero-order chi connectivity index (χ0) is 14.5. The third kappa shape index (κ3) is 4.76. The first kappa shape index (κ1) is 16.4. The van der Waals surface area contributed by atoms with Crippen LogP contribution in [0.3, 0.4) is 0 Å². The number of hydrogen-bond acceptors (Lipinski definition) is 4. The second-order valence-electron chi connectivity index (χ2n) is 4.97. The van der Waals surface area contributed by atoms with Crippen molar-refractivity contribution in [1.29, 1.82) is 0 Å². The van der Waals surface area contributed by atoms with E-state index < -0.39 is 10.2 Å². The fourth-order valence-electron chi connectivity index (χ4n) is 1.93. The van der Waals surface area contributed by atoms with E-state index in [1.165, 1.54) is 34.8 Å². The third-order valence-electron chi connectivity index (χ3n) is 3.42. The summed E-state index contributed by atoms with van der Waals surface area (Å²) in [5.41, 5.74) is 0. The van der Waals surface area contributed by atoms with E-state index in [4.69, 9.17) is 0 Å². The molecule has 0 bridgehead atoms. The molecule has 0 aliphatic carbocycles. The number of likely N-dealkylation sites (N-methyl/N-ethyl adjacent to an activating group) is 3. The van der Waals surface area contributed by atoms with Gasteiger partial charge in [-0.05, 0) is 20.2 Å². The molecule has 0 amide bonds. The first-order valence-corrected chi connectivity index (χ1v) is 8.00. The number of piperazine rings is 1. The van der Waals surface area contributed by atoms with Crippen LogP contribution in [0.1, 0.15) is 6.92 Å². The molecule has 0 radical (unpaired) electrons. The van der Waals surface area contributed by atoms with Gasteiger partial charge in [-0.25, -0.2) is 0 Å². The molecule has 2 rings (SSSR count). The smallest absolute Gasteiger partial charge is 0.281 e. The second kappa shape index (κ2) is 7.23. The minimum Gasteiger partial charge on any atom is -0.375 e. The van der Waals surface area contributed by atoms with Gasteiger partial charge in [0, 0.05) is 53.4 Å². The highest BCUT2D eigenvalue weighted by Crippen LogP contribution is 2.09. The number of allylic oxidation sites excluding steroid dienone is 1. The third-order valence-corrected chi connectivity index (χ3v) is 5.36. The Morgan fingerprint density at radius 2 is 1.32 bits per heavy atom. The summed E-state index contributed by atoms with van der Waals surface area (Å²) in [5, 5.41) is 0. The van der Waals surface area contributed by atoms with Gasteiger partial charge in [-0.3, -0.25) is 0 Å². The zero-order valence-corrected chi connectivity index (χ0v) is 13.2. The summed E-state index contributed by atoms with van der Waals surface area (Å²) in [7, 11) is 2.30. The highest BCUT2D eigenvalue weighted by atomic mass is 32.2. The summed E-state index contributed by atoms with van der Waals surface area (Å²) in [6.45, 7) is 8.05. The summed E-state index contributed by atoms with van der Waals surface area (Å²) in [5.74, 6) is 0. The molecule has 2 aliphatic rings. The highest BCUT2D eigenvalue weighted by molar-refractivity contribution is 7.86. The molecular formula is C12H26N4O2S. The maximum absolute atomic E-state index is 10.9. The van der Waals surface area contributed by atoms with Gasteiger partial charge < -0.3 is 9.80 Å². The Morgan fingerprint density at radius 1 is 0.842 bits per heavy atom. The van der Waals surface area contributed by atoms with Gasteiger partial charge >= 0.3 is 0 Å². The maximum Gasteiger partial charge on any atom is 0.281 e. The monoisotopic (exact) mass is 290 g/mol. The summed E-state index contributed by atoms with van der Waals surface area (Å²) >= 11 is 0. The minimum absolute atomic E-state index is 0.610. The van der Waals surface area contributed by atoms with Crippen molar-refractivity contribution < 1.29 is 8.42 Å². The van der Waals surface area contributed by atoms with Crippen molar-refractivity contribution in [1.82, 2.24) is 18.4 Å². The SMILES string of the molecule is CC=CN1CCN(C)CC1.CN1CCN(C)S1(=O)=O. The Kier molecular flexibility index (Phi) is 6.25. The van der Waals surface area contributed by atoms with Gasteiger partial charge in [-0.1, -0.05) is 6.08 Å². The van der Waals surface area contributed by atoms with Crippen molar-refractivity contribution in [2.24, 2.45) is 0 Å². The molecule has 2 fully saturated rings. The normalized spacial score (nSPS) is 25.6. The van der Waals surface area contributed by atoms with Gasteiger partial charge in [0.25, 0.3) is 10.2 Å². The van der Waals surface area contributed by atoms with Crippen LogP contribution in [0.4, 0.5) is 0 Å². The molecule has 0 aromatic rings. The van der Waals surface area contributed by atoms with Crippen molar-refractivity contribution in [3.05, 3.63) is 12.3 Å². The van der Waals surface area contributed by atoms with E-state index >= 15 is 0 Å². The Bertz CT molecular complexity index is 373. The fraction of sp³-hybridized carbons (Fsp3) is 0.833. The first-order chi connectivity index (χ1) is 8.87. The topological polar surface area (TPSA) is 47.1 Å².